The molecule has 1 aromatic heterocycles. The minimum atomic E-state index is 0.651. The maximum atomic E-state index is 3.68. The van der Waals surface area contributed by atoms with E-state index in [9.17, 15) is 0 Å². The van der Waals surface area contributed by atoms with Crippen LogP contribution in [-0.4, -0.2) is 6.04 Å². The van der Waals surface area contributed by atoms with Crippen molar-refractivity contribution in [3.05, 3.63) is 58.3 Å². The zero-order valence-electron chi connectivity index (χ0n) is 12.3. The Morgan fingerprint density at radius 3 is 2.60 bits per heavy atom. The summed E-state index contributed by atoms with van der Waals surface area (Å²) < 4.78 is 0. The third-order valence-electron chi connectivity index (χ3n) is 3.74. The average molecular weight is 287 g/mol. The second-order valence-electron chi connectivity index (χ2n) is 5.30. The third kappa shape index (κ3) is 5.48. The minimum absolute atomic E-state index is 0.651. The molecule has 0 bridgehead atoms. The van der Waals surface area contributed by atoms with Crippen LogP contribution >= 0.6 is 11.3 Å². The van der Waals surface area contributed by atoms with Gasteiger partial charge in [-0.05, 0) is 42.7 Å². The van der Waals surface area contributed by atoms with E-state index in [1.807, 2.05) is 11.3 Å². The van der Waals surface area contributed by atoms with E-state index in [4.69, 9.17) is 0 Å². The van der Waals surface area contributed by atoms with E-state index in [2.05, 4.69) is 60.1 Å². The van der Waals surface area contributed by atoms with Crippen LogP contribution in [0.3, 0.4) is 0 Å². The SMILES string of the molecule is CCC(CCCCc1cccs1)NCc1ccccc1. The molecular weight excluding hydrogens is 262 g/mol. The molecule has 2 rings (SSSR count). The second-order valence-corrected chi connectivity index (χ2v) is 6.33. The molecule has 2 heteroatoms. The highest BCUT2D eigenvalue weighted by Gasteiger charge is 2.05. The van der Waals surface area contributed by atoms with Gasteiger partial charge in [0.2, 0.25) is 0 Å². The molecule has 0 spiro atoms. The summed E-state index contributed by atoms with van der Waals surface area (Å²) in [6, 6.07) is 15.7. The smallest absolute Gasteiger partial charge is 0.0208 e. The Morgan fingerprint density at radius 2 is 1.90 bits per heavy atom. The lowest BCUT2D eigenvalue weighted by atomic mass is 10.1. The summed E-state index contributed by atoms with van der Waals surface area (Å²) in [7, 11) is 0. The summed E-state index contributed by atoms with van der Waals surface area (Å²) in [5, 5.41) is 5.85. The van der Waals surface area contributed by atoms with Crippen LogP contribution in [0.1, 0.15) is 43.0 Å². The Hall–Kier alpha value is -1.12. The number of benzene rings is 1. The number of nitrogens with one attached hydrogen (secondary N) is 1. The van der Waals surface area contributed by atoms with Crippen LogP contribution in [-0.2, 0) is 13.0 Å². The zero-order valence-corrected chi connectivity index (χ0v) is 13.2. The fourth-order valence-electron chi connectivity index (χ4n) is 2.45. The van der Waals surface area contributed by atoms with Gasteiger partial charge in [0.25, 0.3) is 0 Å². The van der Waals surface area contributed by atoms with Crippen LogP contribution in [0.2, 0.25) is 0 Å². The lowest BCUT2D eigenvalue weighted by Gasteiger charge is -2.16. The van der Waals surface area contributed by atoms with Gasteiger partial charge in [0, 0.05) is 17.5 Å². The van der Waals surface area contributed by atoms with Gasteiger partial charge in [-0.25, -0.2) is 0 Å². The lowest BCUT2D eigenvalue weighted by molar-refractivity contribution is 0.448. The first-order valence-corrected chi connectivity index (χ1v) is 8.56. The van der Waals surface area contributed by atoms with Gasteiger partial charge in [-0.2, -0.15) is 0 Å². The van der Waals surface area contributed by atoms with Gasteiger partial charge in [-0.3, -0.25) is 0 Å². The highest BCUT2D eigenvalue weighted by molar-refractivity contribution is 7.09. The molecule has 0 saturated heterocycles. The molecule has 0 aliphatic carbocycles. The zero-order chi connectivity index (χ0) is 14.0. The molecule has 0 fully saturated rings. The topological polar surface area (TPSA) is 12.0 Å². The van der Waals surface area contributed by atoms with Crippen LogP contribution in [0.5, 0.6) is 0 Å². The number of hydrogen-bond donors (Lipinski definition) is 1. The Balaban J connectivity index is 1.62. The largest absolute Gasteiger partial charge is 0.310 e. The highest BCUT2D eigenvalue weighted by atomic mass is 32.1. The standard InChI is InChI=1S/C18H25NS/c1-2-17(19-15-16-9-4-3-5-10-16)11-6-7-12-18-13-8-14-20-18/h3-5,8-10,13-14,17,19H,2,6-7,11-12,15H2,1H3. The van der Waals surface area contributed by atoms with E-state index in [0.717, 1.165) is 6.54 Å². The van der Waals surface area contributed by atoms with E-state index < -0.39 is 0 Å². The maximum absolute atomic E-state index is 3.68. The summed E-state index contributed by atoms with van der Waals surface area (Å²) in [5.41, 5.74) is 1.38. The lowest BCUT2D eigenvalue weighted by Crippen LogP contribution is -2.27. The predicted octanol–water partition coefficient (Wildman–Crippen LogP) is 5.03. The van der Waals surface area contributed by atoms with Crippen LogP contribution in [0.4, 0.5) is 0 Å². The van der Waals surface area contributed by atoms with E-state index in [-0.39, 0.29) is 0 Å². The monoisotopic (exact) mass is 287 g/mol. The van der Waals surface area contributed by atoms with Gasteiger partial charge in [-0.15, -0.1) is 11.3 Å². The third-order valence-corrected chi connectivity index (χ3v) is 4.67. The first kappa shape index (κ1) is 15.3. The van der Waals surface area contributed by atoms with Crippen LogP contribution in [0.15, 0.2) is 47.8 Å². The molecule has 0 saturated carbocycles. The number of hydrogen-bond acceptors (Lipinski definition) is 2. The summed E-state index contributed by atoms with van der Waals surface area (Å²) >= 11 is 1.88. The van der Waals surface area contributed by atoms with Crippen molar-refractivity contribution in [1.29, 1.82) is 0 Å². The normalized spacial score (nSPS) is 12.4. The molecule has 1 aromatic carbocycles. The van der Waals surface area contributed by atoms with Gasteiger partial charge >= 0.3 is 0 Å². The van der Waals surface area contributed by atoms with E-state index in [0.29, 0.717) is 6.04 Å². The van der Waals surface area contributed by atoms with Gasteiger partial charge in [-0.1, -0.05) is 49.7 Å². The summed E-state index contributed by atoms with van der Waals surface area (Å²) in [6.45, 7) is 3.27. The summed E-state index contributed by atoms with van der Waals surface area (Å²) in [5.74, 6) is 0. The second kappa shape index (κ2) is 8.93. The van der Waals surface area contributed by atoms with Gasteiger partial charge in [0.05, 0.1) is 0 Å². The Labute approximate surface area is 127 Å². The van der Waals surface area contributed by atoms with Crippen molar-refractivity contribution >= 4 is 11.3 Å². The van der Waals surface area contributed by atoms with Crippen molar-refractivity contribution in [2.45, 2.75) is 51.6 Å². The Kier molecular flexibility index (Phi) is 6.82. The van der Waals surface area contributed by atoms with Crippen LogP contribution in [0, 0.1) is 0 Å². The van der Waals surface area contributed by atoms with Gasteiger partial charge in [0.1, 0.15) is 0 Å². The molecule has 0 amide bonds. The van der Waals surface area contributed by atoms with Gasteiger partial charge in [0.15, 0.2) is 0 Å². The van der Waals surface area contributed by atoms with Crippen molar-refractivity contribution in [2.24, 2.45) is 0 Å². The van der Waals surface area contributed by atoms with E-state index in [1.54, 1.807) is 0 Å². The molecule has 0 aliphatic heterocycles. The van der Waals surface area contributed by atoms with Crippen molar-refractivity contribution < 1.29 is 0 Å². The molecule has 0 aliphatic rings. The van der Waals surface area contributed by atoms with Crippen LogP contribution < -0.4 is 5.32 Å². The van der Waals surface area contributed by atoms with E-state index in [1.165, 1.54) is 42.5 Å². The molecular formula is C18H25NS. The molecule has 108 valence electrons. The number of thiophene rings is 1. The van der Waals surface area contributed by atoms with Crippen molar-refractivity contribution in [1.82, 2.24) is 5.32 Å². The van der Waals surface area contributed by atoms with Crippen molar-refractivity contribution in [3.8, 4) is 0 Å². The number of unbranched alkanes of at least 4 members (excludes halogenated alkanes) is 1. The predicted molar refractivity (Wildman–Crippen MR) is 89.2 cm³/mol. The van der Waals surface area contributed by atoms with Gasteiger partial charge < -0.3 is 5.32 Å². The molecule has 1 unspecified atom stereocenters. The minimum Gasteiger partial charge on any atom is -0.310 e. The first-order valence-electron chi connectivity index (χ1n) is 7.68. The Morgan fingerprint density at radius 1 is 1.05 bits per heavy atom. The average Bonchev–Trinajstić information content (AvgIpc) is 3.01. The van der Waals surface area contributed by atoms with Crippen molar-refractivity contribution in [2.75, 3.05) is 0 Å². The fourth-order valence-corrected chi connectivity index (χ4v) is 3.20. The molecule has 1 heterocycles. The highest BCUT2D eigenvalue weighted by Crippen LogP contribution is 2.14. The molecule has 2 aromatic rings. The molecule has 1 atom stereocenters. The molecule has 1 nitrogen and oxygen atoms in total. The summed E-state index contributed by atoms with van der Waals surface area (Å²) in [4.78, 5) is 1.52. The quantitative estimate of drug-likeness (QED) is 0.638. The van der Waals surface area contributed by atoms with Crippen molar-refractivity contribution in [3.63, 3.8) is 0 Å². The Bertz CT molecular complexity index is 450. The van der Waals surface area contributed by atoms with Crippen LogP contribution in [0.25, 0.3) is 0 Å². The first-order chi connectivity index (χ1) is 9.88. The maximum Gasteiger partial charge on any atom is 0.0208 e. The molecule has 20 heavy (non-hydrogen) atoms. The van der Waals surface area contributed by atoms with E-state index >= 15 is 0 Å². The molecule has 0 radical (unpaired) electrons. The number of aryl methyl sites for hydroxylation is 1. The number of rotatable bonds is 9. The molecule has 1 N–H and O–H groups in total. The fraction of sp³-hybridized carbons (Fsp3) is 0.444. The summed E-state index contributed by atoms with van der Waals surface area (Å²) in [6.07, 6.45) is 6.37.